The lowest BCUT2D eigenvalue weighted by Gasteiger charge is -1.98. The maximum Gasteiger partial charge on any atom is 0.249 e. The largest absolute Gasteiger partial charge is 0.383 e. The Morgan fingerprint density at radius 3 is 2.78 bits per heavy atom. The van der Waals surface area contributed by atoms with Crippen molar-refractivity contribution in [3.63, 3.8) is 0 Å². The van der Waals surface area contributed by atoms with Crippen molar-refractivity contribution in [2.24, 2.45) is 0 Å². The molecular weight excluding hydrogens is 122 g/mol. The van der Waals surface area contributed by atoms with Crippen LogP contribution in [0.3, 0.4) is 0 Å². The van der Waals surface area contributed by atoms with Gasteiger partial charge in [0.05, 0.1) is 6.61 Å². The van der Waals surface area contributed by atoms with Crippen LogP contribution >= 0.6 is 0 Å². The van der Waals surface area contributed by atoms with E-state index in [0.29, 0.717) is 13.2 Å². The van der Waals surface area contributed by atoms with E-state index in [0.717, 1.165) is 0 Å². The summed E-state index contributed by atoms with van der Waals surface area (Å²) in [7, 11) is 1.53. The second-order valence-corrected chi connectivity index (χ2v) is 1.49. The second-order valence-electron chi connectivity index (χ2n) is 1.49. The molecule has 9 heavy (non-hydrogen) atoms. The Balaban J connectivity index is 2.97. The van der Waals surface area contributed by atoms with Crippen molar-refractivity contribution in [3.8, 4) is 0 Å². The molecule has 0 aromatic carbocycles. The molecule has 0 saturated carbocycles. The van der Waals surface area contributed by atoms with Gasteiger partial charge in [0, 0.05) is 13.7 Å². The van der Waals surface area contributed by atoms with E-state index in [2.05, 4.69) is 10.1 Å². The summed E-state index contributed by atoms with van der Waals surface area (Å²) < 4.78 is 4.62. The van der Waals surface area contributed by atoms with Gasteiger partial charge in [-0.3, -0.25) is 4.79 Å². The fourth-order valence-corrected chi connectivity index (χ4v) is 0.344. The molecule has 0 spiro atoms. The molecule has 0 heterocycles. The van der Waals surface area contributed by atoms with Gasteiger partial charge in [0.2, 0.25) is 5.91 Å². The highest BCUT2D eigenvalue weighted by Crippen LogP contribution is 1.65. The van der Waals surface area contributed by atoms with Crippen LogP contribution in [0.5, 0.6) is 0 Å². The lowest BCUT2D eigenvalue weighted by atomic mass is 10.6. The highest BCUT2D eigenvalue weighted by atomic mass is 16.5. The Morgan fingerprint density at radius 2 is 2.33 bits per heavy atom. The third kappa shape index (κ3) is 5.26. The van der Waals surface area contributed by atoms with Gasteiger partial charge in [0.15, 0.2) is 6.61 Å². The third-order valence-corrected chi connectivity index (χ3v) is 0.759. The topological polar surface area (TPSA) is 58.2 Å². The predicted molar refractivity (Wildman–Crippen MR) is 30.4 cm³/mol. The summed E-state index contributed by atoms with van der Waals surface area (Å²) in [4.78, 5) is 10.2. The van der Waals surface area contributed by atoms with Crippen molar-refractivity contribution in [2.45, 2.75) is 0 Å². The number of ether oxygens (including phenoxy) is 1. The molecule has 1 radical (unpaired) electrons. The molecule has 0 saturated heterocycles. The maximum atomic E-state index is 10.2. The van der Waals surface area contributed by atoms with Crippen molar-refractivity contribution >= 4 is 5.91 Å². The van der Waals surface area contributed by atoms with E-state index in [-0.39, 0.29) is 0 Å². The Kier molecular flexibility index (Phi) is 5.15. The smallest absolute Gasteiger partial charge is 0.249 e. The molecular formula is C5H10NO3. The van der Waals surface area contributed by atoms with Gasteiger partial charge >= 0.3 is 0 Å². The van der Waals surface area contributed by atoms with Gasteiger partial charge in [0.1, 0.15) is 0 Å². The van der Waals surface area contributed by atoms with Crippen molar-refractivity contribution in [1.29, 1.82) is 0 Å². The van der Waals surface area contributed by atoms with E-state index in [4.69, 9.17) is 0 Å². The first-order valence-electron chi connectivity index (χ1n) is 2.65. The Bertz CT molecular complexity index is 84.3. The average Bonchev–Trinajstić information content (AvgIpc) is 1.89. The summed E-state index contributed by atoms with van der Waals surface area (Å²) in [5, 5.41) is 12.1. The van der Waals surface area contributed by atoms with E-state index in [1.54, 1.807) is 0 Å². The zero-order valence-electron chi connectivity index (χ0n) is 5.35. The number of amides is 1. The predicted octanol–water partition coefficient (Wildman–Crippen LogP) is -0.821. The fourth-order valence-electron chi connectivity index (χ4n) is 0.344. The van der Waals surface area contributed by atoms with E-state index < -0.39 is 12.5 Å². The summed E-state index contributed by atoms with van der Waals surface area (Å²) in [6.45, 7) is 0.160. The number of rotatable bonds is 4. The van der Waals surface area contributed by atoms with Crippen molar-refractivity contribution in [2.75, 3.05) is 26.9 Å². The summed E-state index contributed by atoms with van der Waals surface area (Å²) >= 11 is 0. The first kappa shape index (κ1) is 8.39. The quantitative estimate of drug-likeness (QED) is 0.508. The van der Waals surface area contributed by atoms with Gasteiger partial charge in [-0.05, 0) is 0 Å². The minimum atomic E-state index is -0.705. The Labute approximate surface area is 53.8 Å². The van der Waals surface area contributed by atoms with Crippen molar-refractivity contribution in [3.05, 3.63) is 0 Å². The number of carbonyl (C=O) groups is 1. The number of nitrogens with one attached hydrogen (secondary N) is 1. The molecule has 4 nitrogen and oxygen atoms in total. The summed E-state index contributed by atoms with van der Waals surface area (Å²) in [5.41, 5.74) is 0. The fraction of sp³-hybridized carbons (Fsp3) is 0.800. The molecule has 1 amide bonds. The molecule has 0 unspecified atom stereocenters. The van der Waals surface area contributed by atoms with Crippen LogP contribution in [0.2, 0.25) is 0 Å². The maximum absolute atomic E-state index is 10.2. The van der Waals surface area contributed by atoms with Crippen LogP contribution in [-0.2, 0) is 14.6 Å². The Hall–Kier alpha value is -0.610. The first-order chi connectivity index (χ1) is 4.31. The average molecular weight is 132 g/mol. The molecule has 1 N–H and O–H groups in total. The van der Waals surface area contributed by atoms with Crippen molar-refractivity contribution in [1.82, 2.24) is 5.32 Å². The third-order valence-electron chi connectivity index (χ3n) is 0.759. The van der Waals surface area contributed by atoms with Gasteiger partial charge in [-0.15, -0.1) is 0 Å². The van der Waals surface area contributed by atoms with Crippen LogP contribution in [-0.4, -0.2) is 32.8 Å². The van der Waals surface area contributed by atoms with E-state index in [1.807, 2.05) is 0 Å². The molecule has 0 aliphatic heterocycles. The SMILES string of the molecule is COCCNC(=O)C[O]. The summed E-state index contributed by atoms with van der Waals surface area (Å²) in [6.07, 6.45) is 0. The second kappa shape index (κ2) is 5.53. The van der Waals surface area contributed by atoms with Gasteiger partial charge in [-0.25, -0.2) is 5.11 Å². The molecule has 0 rings (SSSR count). The number of hydrogen-bond acceptors (Lipinski definition) is 2. The van der Waals surface area contributed by atoms with Crippen LogP contribution < -0.4 is 5.32 Å². The minimum absolute atomic E-state index is 0.414. The molecule has 0 aliphatic carbocycles. The zero-order valence-corrected chi connectivity index (χ0v) is 5.35. The molecule has 0 atom stereocenters. The van der Waals surface area contributed by atoms with E-state index in [9.17, 15) is 9.90 Å². The molecule has 0 aromatic rings. The molecule has 0 aromatic heterocycles. The zero-order chi connectivity index (χ0) is 7.11. The highest BCUT2D eigenvalue weighted by Gasteiger charge is 1.94. The van der Waals surface area contributed by atoms with E-state index >= 15 is 0 Å². The summed E-state index contributed by atoms with van der Waals surface area (Å²) in [5.74, 6) is -0.480. The van der Waals surface area contributed by atoms with Gasteiger partial charge in [-0.1, -0.05) is 0 Å². The monoisotopic (exact) mass is 132 g/mol. The van der Waals surface area contributed by atoms with Crippen LogP contribution in [0, 0.1) is 0 Å². The molecule has 0 fully saturated rings. The van der Waals surface area contributed by atoms with Crippen LogP contribution in [0.4, 0.5) is 0 Å². The minimum Gasteiger partial charge on any atom is -0.383 e. The highest BCUT2D eigenvalue weighted by molar-refractivity contribution is 5.76. The van der Waals surface area contributed by atoms with Crippen LogP contribution in [0.1, 0.15) is 0 Å². The molecule has 0 aliphatic rings. The lowest BCUT2D eigenvalue weighted by molar-refractivity contribution is -0.125. The lowest BCUT2D eigenvalue weighted by Crippen LogP contribution is -2.28. The van der Waals surface area contributed by atoms with Gasteiger partial charge in [0.25, 0.3) is 0 Å². The standard InChI is InChI=1S/C5H10NO3/c1-9-3-2-6-5(8)4-7/h2-4H2,1H3,(H,6,8). The number of carbonyl (C=O) groups excluding carboxylic acids is 1. The van der Waals surface area contributed by atoms with E-state index in [1.165, 1.54) is 7.11 Å². The number of methoxy groups -OCH3 is 1. The van der Waals surface area contributed by atoms with Crippen LogP contribution in [0.15, 0.2) is 0 Å². The molecule has 0 bridgehead atoms. The van der Waals surface area contributed by atoms with Crippen molar-refractivity contribution < 1.29 is 14.6 Å². The normalized spacial score (nSPS) is 9.11. The molecule has 53 valence electrons. The first-order valence-corrected chi connectivity index (χ1v) is 2.65. The summed E-state index contributed by atoms with van der Waals surface area (Å²) in [6, 6.07) is 0. The molecule has 4 heteroatoms. The van der Waals surface area contributed by atoms with Gasteiger partial charge in [-0.2, -0.15) is 0 Å². The van der Waals surface area contributed by atoms with Gasteiger partial charge < -0.3 is 10.1 Å². The Morgan fingerprint density at radius 1 is 1.67 bits per heavy atom. The van der Waals surface area contributed by atoms with Crippen LogP contribution in [0.25, 0.3) is 0 Å². The number of hydrogen-bond donors (Lipinski definition) is 1.